The summed E-state index contributed by atoms with van der Waals surface area (Å²) in [7, 11) is 3.99. The minimum Gasteiger partial charge on any atom is -0.362 e. The lowest BCUT2D eigenvalue weighted by Crippen LogP contribution is -2.26. The van der Waals surface area contributed by atoms with E-state index in [9.17, 15) is 0 Å². The maximum atomic E-state index is 4.42. The van der Waals surface area contributed by atoms with Crippen LogP contribution in [0.25, 0.3) is 28.2 Å². The highest BCUT2D eigenvalue weighted by Crippen LogP contribution is 2.31. The Morgan fingerprint density at radius 2 is 1.64 bits per heavy atom. The highest BCUT2D eigenvalue weighted by atomic mass is 15.1. The molecule has 0 unspecified atom stereocenters. The van der Waals surface area contributed by atoms with Crippen LogP contribution < -0.4 is 10.2 Å². The van der Waals surface area contributed by atoms with Crippen LogP contribution in [0.5, 0.6) is 0 Å². The van der Waals surface area contributed by atoms with Crippen molar-refractivity contribution in [1.82, 2.24) is 20.3 Å². The van der Waals surface area contributed by atoms with E-state index in [-0.39, 0.29) is 0 Å². The van der Waals surface area contributed by atoms with Gasteiger partial charge >= 0.3 is 0 Å². The van der Waals surface area contributed by atoms with Crippen LogP contribution in [-0.2, 0) is 13.0 Å². The minimum atomic E-state index is 0.812. The van der Waals surface area contributed by atoms with Gasteiger partial charge in [-0.1, -0.05) is 94.8 Å². The number of hydrogen-bond acceptors (Lipinski definition) is 4. The number of H-pyrrole nitrogens is 1. The van der Waals surface area contributed by atoms with Crippen LogP contribution in [0, 0.1) is 18.8 Å². The number of nitrogens with one attached hydrogen (secondary N) is 2. The predicted octanol–water partition coefficient (Wildman–Crippen LogP) is 9.78. The first-order valence-electron chi connectivity index (χ1n) is 16.5. The lowest BCUT2D eigenvalue weighted by molar-refractivity contribution is 0.281. The zero-order valence-corrected chi connectivity index (χ0v) is 28.3. The summed E-state index contributed by atoms with van der Waals surface area (Å²) in [6, 6.07) is 18.8. The van der Waals surface area contributed by atoms with E-state index in [0.717, 1.165) is 60.3 Å². The normalized spacial score (nSPS) is 16.2. The summed E-state index contributed by atoms with van der Waals surface area (Å²) in [6.07, 6.45) is 14.0. The van der Waals surface area contributed by atoms with Crippen molar-refractivity contribution in [2.45, 2.75) is 79.7 Å². The van der Waals surface area contributed by atoms with E-state index in [1.807, 2.05) is 70.1 Å². The number of aryl methyl sites for hydroxylation is 1. The van der Waals surface area contributed by atoms with Crippen LogP contribution in [0.15, 0.2) is 73.3 Å². The van der Waals surface area contributed by atoms with E-state index in [0.29, 0.717) is 0 Å². The molecule has 0 saturated heterocycles. The summed E-state index contributed by atoms with van der Waals surface area (Å²) < 4.78 is 0. The van der Waals surface area contributed by atoms with Gasteiger partial charge in [-0.15, -0.1) is 0 Å². The van der Waals surface area contributed by atoms with E-state index < -0.39 is 0 Å². The fourth-order valence-corrected chi connectivity index (χ4v) is 5.95. The number of anilines is 1. The van der Waals surface area contributed by atoms with Crippen LogP contribution in [0.1, 0.15) is 82.4 Å². The molecule has 1 aliphatic rings. The van der Waals surface area contributed by atoms with Gasteiger partial charge in [-0.25, -0.2) is 9.97 Å². The summed E-state index contributed by atoms with van der Waals surface area (Å²) in [5, 5.41) is 4.89. The molecule has 236 valence electrons. The van der Waals surface area contributed by atoms with E-state index in [1.54, 1.807) is 0 Å². The van der Waals surface area contributed by atoms with Gasteiger partial charge in [-0.3, -0.25) is 0 Å². The number of para-hydroxylation sites is 1. The molecule has 2 aromatic heterocycles. The topological polar surface area (TPSA) is 56.8 Å². The SMILES string of the molecule is C=Cc1[nH]c(-c2ccccc2)c(CNCC2CCC(C)CC2)c1CC/C=C\C.CC.Cc1nc(N(C)C)c2ccccc2n1. The van der Waals surface area contributed by atoms with Crippen LogP contribution in [0.2, 0.25) is 0 Å². The number of allylic oxidation sites excluding steroid dienone is 2. The second-order valence-corrected chi connectivity index (χ2v) is 11.8. The summed E-state index contributed by atoms with van der Waals surface area (Å²) >= 11 is 0. The number of nitrogens with zero attached hydrogens (tertiary/aromatic N) is 3. The molecular formula is C39H55N5. The van der Waals surface area contributed by atoms with Crippen molar-refractivity contribution in [3.63, 3.8) is 0 Å². The maximum Gasteiger partial charge on any atom is 0.139 e. The van der Waals surface area contributed by atoms with E-state index in [4.69, 9.17) is 0 Å². The molecular weight excluding hydrogens is 538 g/mol. The van der Waals surface area contributed by atoms with Crippen molar-refractivity contribution in [1.29, 1.82) is 0 Å². The van der Waals surface area contributed by atoms with Gasteiger partial charge in [0.25, 0.3) is 0 Å². The molecule has 2 aromatic carbocycles. The Kier molecular flexibility index (Phi) is 14.4. The third-order valence-electron chi connectivity index (χ3n) is 8.30. The Morgan fingerprint density at radius 3 is 2.30 bits per heavy atom. The van der Waals surface area contributed by atoms with Gasteiger partial charge in [0.15, 0.2) is 0 Å². The Labute approximate surface area is 266 Å². The van der Waals surface area contributed by atoms with E-state index in [2.05, 4.69) is 83.2 Å². The van der Waals surface area contributed by atoms with Crippen molar-refractivity contribution < 1.29 is 0 Å². The van der Waals surface area contributed by atoms with Gasteiger partial charge in [-0.2, -0.15) is 0 Å². The molecule has 44 heavy (non-hydrogen) atoms. The van der Waals surface area contributed by atoms with Gasteiger partial charge in [-0.05, 0) is 92.8 Å². The van der Waals surface area contributed by atoms with Crippen molar-refractivity contribution in [3.05, 3.63) is 96.0 Å². The molecule has 1 aliphatic carbocycles. The first kappa shape index (κ1) is 34.8. The molecule has 1 fully saturated rings. The summed E-state index contributed by atoms with van der Waals surface area (Å²) in [5.41, 5.74) is 7.50. The Bertz CT molecular complexity index is 1440. The van der Waals surface area contributed by atoms with Crippen molar-refractivity contribution in [2.24, 2.45) is 11.8 Å². The molecule has 5 rings (SSSR count). The van der Waals surface area contributed by atoms with Crippen molar-refractivity contribution in [2.75, 3.05) is 25.5 Å². The van der Waals surface area contributed by atoms with E-state index >= 15 is 0 Å². The van der Waals surface area contributed by atoms with Gasteiger partial charge in [0.05, 0.1) is 11.2 Å². The molecule has 0 amide bonds. The van der Waals surface area contributed by atoms with Crippen LogP contribution in [-0.4, -0.2) is 35.6 Å². The fourth-order valence-electron chi connectivity index (χ4n) is 5.95. The largest absolute Gasteiger partial charge is 0.362 e. The maximum absolute atomic E-state index is 4.42. The lowest BCUT2D eigenvalue weighted by atomic mass is 9.83. The average Bonchev–Trinajstić information content (AvgIpc) is 3.40. The van der Waals surface area contributed by atoms with Crippen molar-refractivity contribution in [3.8, 4) is 11.3 Å². The molecule has 0 bridgehead atoms. The highest BCUT2D eigenvalue weighted by Gasteiger charge is 2.20. The van der Waals surface area contributed by atoms with Crippen LogP contribution >= 0.6 is 0 Å². The monoisotopic (exact) mass is 593 g/mol. The molecule has 4 aromatic rings. The zero-order valence-electron chi connectivity index (χ0n) is 28.3. The molecule has 2 N–H and O–H groups in total. The van der Waals surface area contributed by atoms with Crippen LogP contribution in [0.3, 0.4) is 0 Å². The molecule has 0 radical (unpaired) electrons. The van der Waals surface area contributed by atoms with Gasteiger partial charge in [0.2, 0.25) is 0 Å². The van der Waals surface area contributed by atoms with Gasteiger partial charge in [0.1, 0.15) is 11.6 Å². The molecule has 0 atom stereocenters. The highest BCUT2D eigenvalue weighted by molar-refractivity contribution is 5.89. The number of fused-ring (bicyclic) bond motifs is 1. The third kappa shape index (κ3) is 9.65. The smallest absolute Gasteiger partial charge is 0.139 e. The molecule has 1 saturated carbocycles. The number of aromatic amines is 1. The molecule has 2 heterocycles. The first-order chi connectivity index (χ1) is 21.4. The number of benzene rings is 2. The van der Waals surface area contributed by atoms with Gasteiger partial charge < -0.3 is 15.2 Å². The summed E-state index contributed by atoms with van der Waals surface area (Å²) in [5.74, 6) is 3.54. The standard InChI is InChI=1S/C26H36N2.C11H13N3.C2H6/c1-4-6-8-13-23-24(19-27-18-21-16-14-20(3)15-17-21)26(28-25(23)5-2)22-11-9-7-10-12-22;1-8-12-10-7-5-4-6-9(10)11(13-8)14(2)3;1-2/h4-7,9-12,20-21,27-28H,2,8,13-19H2,1,3H3;4-7H,1-3H3;1-2H3/b6-4-;;. The Balaban J connectivity index is 0.000000276. The third-order valence-corrected chi connectivity index (χ3v) is 8.30. The van der Waals surface area contributed by atoms with Crippen LogP contribution in [0.4, 0.5) is 5.82 Å². The summed E-state index contributed by atoms with van der Waals surface area (Å²) in [4.78, 5) is 14.5. The fraction of sp³-hybridized carbons (Fsp3) is 0.436. The molecule has 5 nitrogen and oxygen atoms in total. The van der Waals surface area contributed by atoms with E-state index in [1.165, 1.54) is 53.8 Å². The van der Waals surface area contributed by atoms with Gasteiger partial charge in [0, 0.05) is 31.7 Å². The second kappa shape index (κ2) is 18.2. The summed E-state index contributed by atoms with van der Waals surface area (Å²) in [6.45, 7) is 16.5. The number of rotatable bonds is 10. The predicted molar refractivity (Wildman–Crippen MR) is 192 cm³/mol. The number of aromatic nitrogens is 3. The molecule has 0 aliphatic heterocycles. The minimum absolute atomic E-state index is 0.812. The Morgan fingerprint density at radius 1 is 0.955 bits per heavy atom. The first-order valence-corrected chi connectivity index (χ1v) is 16.5. The Hall–Kier alpha value is -3.70. The van der Waals surface area contributed by atoms with Crippen molar-refractivity contribution >= 4 is 22.8 Å². The molecule has 5 heteroatoms. The second-order valence-electron chi connectivity index (χ2n) is 11.8. The quantitative estimate of drug-likeness (QED) is 0.180. The average molecular weight is 594 g/mol. The molecule has 0 spiro atoms. The lowest BCUT2D eigenvalue weighted by Gasteiger charge is -2.26. The number of hydrogen-bond donors (Lipinski definition) is 2. The zero-order chi connectivity index (χ0) is 31.9.